The van der Waals surface area contributed by atoms with E-state index in [4.69, 9.17) is 4.74 Å². The molecule has 0 bridgehead atoms. The molecule has 4 rings (SSSR count). The number of hydrogen-bond donors (Lipinski definition) is 2. The van der Waals surface area contributed by atoms with Gasteiger partial charge >= 0.3 is 6.09 Å². The zero-order chi connectivity index (χ0) is 24.2. The Labute approximate surface area is 202 Å². The molecule has 0 spiro atoms. The zero-order valence-electron chi connectivity index (χ0n) is 19.3. The van der Waals surface area contributed by atoms with Crippen LogP contribution in [0.3, 0.4) is 0 Å². The first-order valence-electron chi connectivity index (χ1n) is 11.1. The molecule has 3 amide bonds. The normalized spacial score (nSPS) is 17.5. The largest absolute Gasteiger partial charge is 0.438 e. The standard InChI is InChI=1S/C26H27N3O4S/c1-16(2)27-25(31)22-23(33-26(32)29(22)15-18-7-4-6-17(3)14-18)19-9-11-20(12-10-19)28-24(30)21-8-5-13-34-21/h4-14,16,22-23H,15H2,1-3H3,(H,27,31)(H,28,30)/t22-,23+/m1/s1. The molecule has 1 aliphatic heterocycles. The molecule has 176 valence electrons. The highest BCUT2D eigenvalue weighted by Crippen LogP contribution is 2.34. The lowest BCUT2D eigenvalue weighted by Gasteiger charge is -2.25. The van der Waals surface area contributed by atoms with E-state index in [1.807, 2.05) is 56.5 Å². The maximum absolute atomic E-state index is 13.2. The maximum Gasteiger partial charge on any atom is 0.411 e. The summed E-state index contributed by atoms with van der Waals surface area (Å²) < 4.78 is 5.70. The van der Waals surface area contributed by atoms with Gasteiger partial charge in [-0.05, 0) is 55.5 Å². The number of hydrogen-bond acceptors (Lipinski definition) is 5. The number of carbonyl (C=O) groups excluding carboxylic acids is 3. The van der Waals surface area contributed by atoms with Crippen LogP contribution < -0.4 is 10.6 Å². The van der Waals surface area contributed by atoms with Crippen LogP contribution in [0, 0.1) is 6.92 Å². The molecule has 1 aromatic heterocycles. The predicted molar refractivity (Wildman–Crippen MR) is 132 cm³/mol. The number of rotatable bonds is 7. The number of ether oxygens (including phenoxy) is 1. The van der Waals surface area contributed by atoms with Crippen molar-refractivity contribution in [3.63, 3.8) is 0 Å². The zero-order valence-corrected chi connectivity index (χ0v) is 20.1. The summed E-state index contributed by atoms with van der Waals surface area (Å²) in [6.07, 6.45) is -1.30. The molecule has 1 fully saturated rings. The van der Waals surface area contributed by atoms with Crippen LogP contribution in [-0.2, 0) is 16.1 Å². The average Bonchev–Trinajstić information content (AvgIpc) is 3.43. The molecule has 7 nitrogen and oxygen atoms in total. The molecule has 2 heterocycles. The fraction of sp³-hybridized carbons (Fsp3) is 0.269. The number of amides is 3. The van der Waals surface area contributed by atoms with Gasteiger partial charge in [-0.3, -0.25) is 14.5 Å². The van der Waals surface area contributed by atoms with Crippen LogP contribution in [0.25, 0.3) is 0 Å². The summed E-state index contributed by atoms with van der Waals surface area (Å²) in [7, 11) is 0. The molecule has 0 aliphatic carbocycles. The maximum atomic E-state index is 13.2. The summed E-state index contributed by atoms with van der Waals surface area (Å²) in [4.78, 5) is 40.4. The van der Waals surface area contributed by atoms with Crippen LogP contribution in [0.2, 0.25) is 0 Å². The molecule has 2 aromatic carbocycles. The average molecular weight is 478 g/mol. The Morgan fingerprint density at radius 3 is 2.50 bits per heavy atom. The van der Waals surface area contributed by atoms with Crippen molar-refractivity contribution in [3.8, 4) is 0 Å². The second kappa shape index (κ2) is 10.1. The van der Waals surface area contributed by atoms with Gasteiger partial charge < -0.3 is 15.4 Å². The number of thiophene rings is 1. The third kappa shape index (κ3) is 5.28. The van der Waals surface area contributed by atoms with Gasteiger partial charge in [0.1, 0.15) is 0 Å². The SMILES string of the molecule is Cc1cccc(CN2C(=O)O[C@@H](c3ccc(NC(=O)c4cccs4)cc3)[C@@H]2C(=O)NC(C)C)c1. The van der Waals surface area contributed by atoms with Crippen LogP contribution in [0.5, 0.6) is 0 Å². The highest BCUT2D eigenvalue weighted by Gasteiger charge is 2.47. The Balaban J connectivity index is 1.57. The summed E-state index contributed by atoms with van der Waals surface area (Å²) in [6.45, 7) is 6.00. The lowest BCUT2D eigenvalue weighted by molar-refractivity contribution is -0.126. The summed E-state index contributed by atoms with van der Waals surface area (Å²) in [5, 5.41) is 7.61. The molecular formula is C26H27N3O4S. The molecule has 34 heavy (non-hydrogen) atoms. The van der Waals surface area contributed by atoms with Crippen molar-refractivity contribution in [1.82, 2.24) is 10.2 Å². The molecule has 0 unspecified atom stereocenters. The topological polar surface area (TPSA) is 87.7 Å². The van der Waals surface area contributed by atoms with Gasteiger partial charge in [-0.15, -0.1) is 11.3 Å². The first-order chi connectivity index (χ1) is 16.3. The highest BCUT2D eigenvalue weighted by atomic mass is 32.1. The fourth-order valence-corrected chi connectivity index (χ4v) is 4.56. The van der Waals surface area contributed by atoms with Crippen molar-refractivity contribution in [3.05, 3.63) is 87.6 Å². The van der Waals surface area contributed by atoms with E-state index in [1.54, 1.807) is 30.3 Å². The van der Waals surface area contributed by atoms with Gasteiger partial charge in [0.05, 0.1) is 11.4 Å². The number of anilines is 1. The third-order valence-corrected chi connectivity index (χ3v) is 6.33. The number of nitrogens with zero attached hydrogens (tertiary/aromatic N) is 1. The molecule has 3 aromatic rings. The first-order valence-corrected chi connectivity index (χ1v) is 12.0. The number of nitrogens with one attached hydrogen (secondary N) is 2. The Morgan fingerprint density at radius 1 is 1.09 bits per heavy atom. The minimum Gasteiger partial charge on any atom is -0.438 e. The van der Waals surface area contributed by atoms with Crippen molar-refractivity contribution in [2.75, 3.05) is 5.32 Å². The highest BCUT2D eigenvalue weighted by molar-refractivity contribution is 7.12. The minimum atomic E-state index is -0.818. The van der Waals surface area contributed by atoms with Crippen molar-refractivity contribution in [2.45, 2.75) is 45.5 Å². The molecule has 1 saturated heterocycles. The van der Waals surface area contributed by atoms with Crippen LogP contribution in [-0.4, -0.2) is 34.9 Å². The van der Waals surface area contributed by atoms with Crippen molar-refractivity contribution in [1.29, 1.82) is 0 Å². The number of aryl methyl sites for hydroxylation is 1. The summed E-state index contributed by atoms with van der Waals surface area (Å²) in [6, 6.07) is 17.5. The summed E-state index contributed by atoms with van der Waals surface area (Å²) >= 11 is 1.36. The third-order valence-electron chi connectivity index (χ3n) is 5.46. The lowest BCUT2D eigenvalue weighted by Crippen LogP contribution is -2.48. The molecule has 8 heteroatoms. The Hall–Kier alpha value is -3.65. The molecule has 2 N–H and O–H groups in total. The van der Waals surface area contributed by atoms with Gasteiger partial charge in [0.15, 0.2) is 12.1 Å². The van der Waals surface area contributed by atoms with Gasteiger partial charge in [-0.1, -0.05) is 48.0 Å². The number of cyclic esters (lactones) is 1. The van der Waals surface area contributed by atoms with E-state index in [2.05, 4.69) is 10.6 Å². The van der Waals surface area contributed by atoms with Gasteiger partial charge in [0.2, 0.25) is 5.91 Å². The molecule has 1 aliphatic rings. The van der Waals surface area contributed by atoms with Crippen molar-refractivity contribution < 1.29 is 19.1 Å². The van der Waals surface area contributed by atoms with Crippen LogP contribution >= 0.6 is 11.3 Å². The fourth-order valence-electron chi connectivity index (χ4n) is 3.94. The minimum absolute atomic E-state index is 0.0838. The summed E-state index contributed by atoms with van der Waals surface area (Å²) in [5.74, 6) is -0.456. The van der Waals surface area contributed by atoms with Gasteiger partial charge in [-0.25, -0.2) is 4.79 Å². The van der Waals surface area contributed by atoms with E-state index in [0.717, 1.165) is 11.1 Å². The smallest absolute Gasteiger partial charge is 0.411 e. The first kappa shape index (κ1) is 23.5. The number of carbonyl (C=O) groups is 3. The van der Waals surface area contributed by atoms with E-state index in [9.17, 15) is 14.4 Å². The van der Waals surface area contributed by atoms with Gasteiger partial charge in [0.25, 0.3) is 5.91 Å². The van der Waals surface area contributed by atoms with E-state index in [-0.39, 0.29) is 24.4 Å². The van der Waals surface area contributed by atoms with E-state index in [1.165, 1.54) is 16.2 Å². The van der Waals surface area contributed by atoms with E-state index < -0.39 is 18.2 Å². The van der Waals surface area contributed by atoms with Crippen LogP contribution in [0.4, 0.5) is 10.5 Å². The Kier molecular flexibility index (Phi) is 6.98. The molecular weight excluding hydrogens is 450 g/mol. The van der Waals surface area contributed by atoms with Gasteiger partial charge in [0, 0.05) is 11.7 Å². The molecule has 0 radical (unpaired) electrons. The second-order valence-corrected chi connectivity index (χ2v) is 9.53. The van der Waals surface area contributed by atoms with Crippen LogP contribution in [0.15, 0.2) is 66.0 Å². The lowest BCUT2D eigenvalue weighted by atomic mass is 10.00. The molecule has 2 atom stereocenters. The summed E-state index contributed by atoms with van der Waals surface area (Å²) in [5.41, 5.74) is 3.29. The quantitative estimate of drug-likeness (QED) is 0.507. The van der Waals surface area contributed by atoms with Crippen LogP contribution in [0.1, 0.15) is 46.3 Å². The Bertz CT molecular complexity index is 1180. The monoisotopic (exact) mass is 477 g/mol. The second-order valence-electron chi connectivity index (χ2n) is 8.58. The van der Waals surface area contributed by atoms with E-state index in [0.29, 0.717) is 16.1 Å². The molecule has 0 saturated carbocycles. The Morgan fingerprint density at radius 2 is 1.85 bits per heavy atom. The van der Waals surface area contributed by atoms with E-state index >= 15 is 0 Å². The predicted octanol–water partition coefficient (Wildman–Crippen LogP) is 4.90. The number of benzene rings is 2. The van der Waals surface area contributed by atoms with Crippen molar-refractivity contribution >= 4 is 34.9 Å². The van der Waals surface area contributed by atoms with Crippen molar-refractivity contribution in [2.24, 2.45) is 0 Å². The van der Waals surface area contributed by atoms with Gasteiger partial charge in [-0.2, -0.15) is 0 Å².